The molecule has 1 fully saturated rings. The number of nitrogens with zero attached hydrogens (tertiary/aromatic N) is 1. The minimum Gasteiger partial charge on any atom is -0.493 e. The lowest BCUT2D eigenvalue weighted by molar-refractivity contribution is -0.143. The quantitative estimate of drug-likeness (QED) is 0.802. The van der Waals surface area contributed by atoms with Gasteiger partial charge in [-0.05, 0) is 43.1 Å². The second-order valence-corrected chi connectivity index (χ2v) is 6.36. The number of methoxy groups -OCH3 is 2. The second kappa shape index (κ2) is 8.27. The first-order valence-corrected chi connectivity index (χ1v) is 8.10. The summed E-state index contributed by atoms with van der Waals surface area (Å²) in [6, 6.07) is 3.63. The molecule has 136 valence electrons. The lowest BCUT2D eigenvalue weighted by Crippen LogP contribution is -2.33. The van der Waals surface area contributed by atoms with Gasteiger partial charge >= 0.3 is 6.18 Å². The molecule has 1 heterocycles. The number of hydrogen-bond donors (Lipinski definition) is 1. The fraction of sp³-hybridized carbons (Fsp3) is 0.625. The fourth-order valence-corrected chi connectivity index (χ4v) is 3.28. The molecule has 1 aliphatic heterocycles. The molecule has 1 atom stereocenters. The first kappa shape index (κ1) is 19.1. The van der Waals surface area contributed by atoms with Crippen molar-refractivity contribution in [3.63, 3.8) is 0 Å². The van der Waals surface area contributed by atoms with Gasteiger partial charge in [0.05, 0.1) is 25.8 Å². The summed E-state index contributed by atoms with van der Waals surface area (Å²) >= 11 is 6.15. The van der Waals surface area contributed by atoms with E-state index in [0.717, 1.165) is 12.0 Å². The molecule has 0 saturated carbocycles. The molecule has 1 aromatic rings. The summed E-state index contributed by atoms with van der Waals surface area (Å²) in [4.78, 5) is 1.46. The highest BCUT2D eigenvalue weighted by atomic mass is 35.5. The average Bonchev–Trinajstić information content (AvgIpc) is 2.91. The zero-order valence-electron chi connectivity index (χ0n) is 13.8. The summed E-state index contributed by atoms with van der Waals surface area (Å²) < 4.78 is 47.6. The molecule has 24 heavy (non-hydrogen) atoms. The number of rotatable bonds is 7. The van der Waals surface area contributed by atoms with Crippen LogP contribution in [-0.2, 0) is 6.54 Å². The Bertz CT molecular complexity index is 555. The Kier molecular flexibility index (Phi) is 6.60. The van der Waals surface area contributed by atoms with Crippen LogP contribution < -0.4 is 14.8 Å². The maximum atomic E-state index is 12.4. The van der Waals surface area contributed by atoms with E-state index in [1.807, 2.05) is 6.07 Å². The summed E-state index contributed by atoms with van der Waals surface area (Å²) in [7, 11) is 3.06. The van der Waals surface area contributed by atoms with E-state index in [9.17, 15) is 13.2 Å². The van der Waals surface area contributed by atoms with Crippen LogP contribution in [0.4, 0.5) is 13.2 Å². The minimum absolute atomic E-state index is 0.225. The monoisotopic (exact) mass is 366 g/mol. The number of ether oxygens (including phenoxy) is 2. The largest absolute Gasteiger partial charge is 0.493 e. The minimum atomic E-state index is -4.13. The third-order valence-corrected chi connectivity index (χ3v) is 4.31. The summed E-state index contributed by atoms with van der Waals surface area (Å²) in [6.45, 7) is 1.37. The molecule has 1 saturated heterocycles. The van der Waals surface area contributed by atoms with Crippen molar-refractivity contribution in [3.8, 4) is 11.5 Å². The van der Waals surface area contributed by atoms with E-state index in [1.165, 1.54) is 12.0 Å². The summed E-state index contributed by atoms with van der Waals surface area (Å²) in [5, 5.41) is 3.74. The van der Waals surface area contributed by atoms with Crippen LogP contribution in [0.25, 0.3) is 0 Å². The van der Waals surface area contributed by atoms with Crippen molar-refractivity contribution < 1.29 is 22.6 Å². The third kappa shape index (κ3) is 5.43. The van der Waals surface area contributed by atoms with Crippen LogP contribution in [0, 0.1) is 5.92 Å². The topological polar surface area (TPSA) is 33.7 Å². The Morgan fingerprint density at radius 3 is 2.67 bits per heavy atom. The number of alkyl halides is 3. The highest BCUT2D eigenvalue weighted by Gasteiger charge is 2.34. The zero-order valence-corrected chi connectivity index (χ0v) is 14.5. The molecule has 2 rings (SSSR count). The molecule has 0 spiro atoms. The third-order valence-electron chi connectivity index (χ3n) is 4.03. The maximum Gasteiger partial charge on any atom is 0.401 e. The fourth-order valence-electron chi connectivity index (χ4n) is 2.97. The second-order valence-electron chi connectivity index (χ2n) is 5.95. The Hall–Kier alpha value is -1.18. The molecule has 0 aromatic heterocycles. The molecule has 0 radical (unpaired) electrons. The van der Waals surface area contributed by atoms with Gasteiger partial charge in [0.2, 0.25) is 0 Å². The zero-order chi connectivity index (χ0) is 17.7. The smallest absolute Gasteiger partial charge is 0.401 e. The van der Waals surface area contributed by atoms with Gasteiger partial charge in [-0.3, -0.25) is 4.90 Å². The molecule has 1 aliphatic rings. The van der Waals surface area contributed by atoms with Crippen LogP contribution in [0.15, 0.2) is 12.1 Å². The number of halogens is 4. The SMILES string of the molecule is COc1cc(CNC[C@H]2CCN(CC(F)(F)F)C2)cc(Cl)c1OC. The number of benzene rings is 1. The Labute approximate surface area is 144 Å². The molecule has 0 unspecified atom stereocenters. The molecular formula is C16H22ClF3N2O2. The van der Waals surface area contributed by atoms with Gasteiger partial charge in [-0.15, -0.1) is 0 Å². The number of likely N-dealkylation sites (tertiary alicyclic amines) is 1. The summed E-state index contributed by atoms with van der Waals surface area (Å²) in [6.07, 6.45) is -3.35. The van der Waals surface area contributed by atoms with Crippen LogP contribution in [-0.4, -0.2) is 51.5 Å². The lowest BCUT2D eigenvalue weighted by Gasteiger charge is -2.18. The van der Waals surface area contributed by atoms with Gasteiger partial charge in [-0.1, -0.05) is 11.6 Å². The van der Waals surface area contributed by atoms with Crippen molar-refractivity contribution in [2.45, 2.75) is 19.1 Å². The van der Waals surface area contributed by atoms with E-state index < -0.39 is 12.7 Å². The summed E-state index contributed by atoms with van der Waals surface area (Å²) in [5.41, 5.74) is 0.933. The number of nitrogens with one attached hydrogen (secondary N) is 1. The Morgan fingerprint density at radius 2 is 2.04 bits per heavy atom. The van der Waals surface area contributed by atoms with Gasteiger partial charge in [0.1, 0.15) is 0 Å². The Morgan fingerprint density at radius 1 is 1.29 bits per heavy atom. The highest BCUT2D eigenvalue weighted by Crippen LogP contribution is 2.36. The van der Waals surface area contributed by atoms with Crippen molar-refractivity contribution in [1.29, 1.82) is 0 Å². The van der Waals surface area contributed by atoms with Crippen molar-refractivity contribution >= 4 is 11.6 Å². The van der Waals surface area contributed by atoms with Crippen LogP contribution in [0.3, 0.4) is 0 Å². The van der Waals surface area contributed by atoms with Gasteiger partial charge in [0.25, 0.3) is 0 Å². The normalized spacial score (nSPS) is 18.8. The molecular weight excluding hydrogens is 345 g/mol. The van der Waals surface area contributed by atoms with E-state index in [4.69, 9.17) is 21.1 Å². The first-order valence-electron chi connectivity index (χ1n) is 7.72. The molecule has 0 bridgehead atoms. The van der Waals surface area contributed by atoms with Crippen molar-refractivity contribution in [2.75, 3.05) is 40.4 Å². The van der Waals surface area contributed by atoms with Crippen LogP contribution in [0.5, 0.6) is 11.5 Å². The first-order chi connectivity index (χ1) is 11.3. The average molecular weight is 367 g/mol. The van der Waals surface area contributed by atoms with Crippen molar-refractivity contribution in [2.24, 2.45) is 5.92 Å². The van der Waals surface area contributed by atoms with E-state index in [0.29, 0.717) is 42.7 Å². The van der Waals surface area contributed by atoms with E-state index >= 15 is 0 Å². The lowest BCUT2D eigenvalue weighted by atomic mass is 10.1. The molecule has 4 nitrogen and oxygen atoms in total. The van der Waals surface area contributed by atoms with Crippen molar-refractivity contribution in [3.05, 3.63) is 22.7 Å². The van der Waals surface area contributed by atoms with E-state index in [-0.39, 0.29) is 5.92 Å². The van der Waals surface area contributed by atoms with Crippen LogP contribution in [0.2, 0.25) is 5.02 Å². The molecule has 0 aliphatic carbocycles. The van der Waals surface area contributed by atoms with Gasteiger partial charge < -0.3 is 14.8 Å². The summed E-state index contributed by atoms with van der Waals surface area (Å²) in [5.74, 6) is 1.27. The maximum absolute atomic E-state index is 12.4. The predicted octanol–water partition coefficient (Wildman–Crippen LogP) is 3.33. The van der Waals surface area contributed by atoms with Crippen LogP contribution >= 0.6 is 11.6 Å². The molecule has 8 heteroatoms. The van der Waals surface area contributed by atoms with Gasteiger partial charge in [-0.25, -0.2) is 0 Å². The van der Waals surface area contributed by atoms with Gasteiger partial charge in [0, 0.05) is 13.1 Å². The predicted molar refractivity (Wildman–Crippen MR) is 86.9 cm³/mol. The van der Waals surface area contributed by atoms with E-state index in [2.05, 4.69) is 5.32 Å². The number of hydrogen-bond acceptors (Lipinski definition) is 4. The molecule has 0 amide bonds. The standard InChI is InChI=1S/C16H22ClF3N2O2/c1-23-14-6-12(5-13(17)15(14)24-2)8-21-7-11-3-4-22(9-11)10-16(18,19)20/h5-6,11,21H,3-4,7-10H2,1-2H3/t11-/m1/s1. The molecule has 1 aromatic carbocycles. The van der Waals surface area contributed by atoms with Crippen molar-refractivity contribution in [1.82, 2.24) is 10.2 Å². The van der Waals surface area contributed by atoms with Crippen LogP contribution in [0.1, 0.15) is 12.0 Å². The van der Waals surface area contributed by atoms with E-state index in [1.54, 1.807) is 13.2 Å². The van der Waals surface area contributed by atoms with Gasteiger partial charge in [0.15, 0.2) is 11.5 Å². The van der Waals surface area contributed by atoms with Gasteiger partial charge in [-0.2, -0.15) is 13.2 Å². The Balaban J connectivity index is 1.82. The highest BCUT2D eigenvalue weighted by molar-refractivity contribution is 6.32. The molecule has 1 N–H and O–H groups in total.